The van der Waals surface area contributed by atoms with Crippen LogP contribution in [0.2, 0.25) is 0 Å². The molecule has 0 aliphatic rings. The Morgan fingerprint density at radius 2 is 1.88 bits per heavy atom. The summed E-state index contributed by atoms with van der Waals surface area (Å²) in [7, 11) is 4.54. The molecule has 1 amide bonds. The summed E-state index contributed by atoms with van der Waals surface area (Å²) >= 11 is 0. The van der Waals surface area contributed by atoms with Gasteiger partial charge in [0.25, 0.3) is 5.91 Å². The summed E-state index contributed by atoms with van der Waals surface area (Å²) in [5, 5.41) is 7.10. The molecule has 0 atom stereocenters. The highest BCUT2D eigenvalue weighted by Crippen LogP contribution is 2.39. The number of amides is 1. The molecule has 0 saturated carbocycles. The molecule has 1 heterocycles. The van der Waals surface area contributed by atoms with Crippen LogP contribution in [-0.4, -0.2) is 43.6 Å². The van der Waals surface area contributed by atoms with Gasteiger partial charge in [-0.3, -0.25) is 9.48 Å². The molecular formula is C17H23N3O4. The van der Waals surface area contributed by atoms with E-state index in [1.807, 2.05) is 17.7 Å². The minimum absolute atomic E-state index is 0.218. The number of rotatable bonds is 8. The van der Waals surface area contributed by atoms with Gasteiger partial charge in [0, 0.05) is 25.0 Å². The molecule has 7 heteroatoms. The molecule has 130 valence electrons. The molecule has 2 rings (SSSR count). The predicted molar refractivity (Wildman–Crippen MR) is 90.0 cm³/mol. The molecular weight excluding hydrogens is 310 g/mol. The maximum atomic E-state index is 12.4. The van der Waals surface area contributed by atoms with E-state index < -0.39 is 0 Å². The second kappa shape index (κ2) is 8.24. The quantitative estimate of drug-likeness (QED) is 0.748. The lowest BCUT2D eigenvalue weighted by Crippen LogP contribution is -2.26. The number of methoxy groups -OCH3 is 3. The largest absolute Gasteiger partial charge is 0.493 e. The molecule has 0 fully saturated rings. The third-order valence-electron chi connectivity index (χ3n) is 3.71. The van der Waals surface area contributed by atoms with E-state index in [9.17, 15) is 4.79 Å². The fraction of sp³-hybridized carbons (Fsp3) is 0.412. The van der Waals surface area contributed by atoms with Crippen molar-refractivity contribution in [3.8, 4) is 17.2 Å². The molecule has 0 bridgehead atoms. The van der Waals surface area contributed by atoms with Crippen molar-refractivity contribution in [3.05, 3.63) is 35.7 Å². The van der Waals surface area contributed by atoms with E-state index in [0.29, 0.717) is 29.4 Å². The van der Waals surface area contributed by atoms with E-state index in [0.717, 1.165) is 18.7 Å². The topological polar surface area (TPSA) is 74.6 Å². The van der Waals surface area contributed by atoms with Crippen molar-refractivity contribution < 1.29 is 19.0 Å². The first kappa shape index (κ1) is 17.7. The summed E-state index contributed by atoms with van der Waals surface area (Å²) in [5.41, 5.74) is 1.51. The van der Waals surface area contributed by atoms with E-state index in [2.05, 4.69) is 10.4 Å². The Hall–Kier alpha value is -2.70. The predicted octanol–water partition coefficient (Wildman–Crippen LogP) is 2.04. The molecule has 0 unspecified atom stereocenters. The minimum atomic E-state index is -0.218. The third-order valence-corrected chi connectivity index (χ3v) is 3.71. The Morgan fingerprint density at radius 3 is 2.46 bits per heavy atom. The Labute approximate surface area is 141 Å². The molecule has 1 N–H and O–H groups in total. The highest BCUT2D eigenvalue weighted by molar-refractivity contribution is 5.98. The zero-order chi connectivity index (χ0) is 17.5. The van der Waals surface area contributed by atoms with Crippen LogP contribution in [-0.2, 0) is 6.54 Å². The summed E-state index contributed by atoms with van der Waals surface area (Å²) in [5.74, 6) is 1.06. The lowest BCUT2D eigenvalue weighted by Gasteiger charge is -2.15. The molecule has 2 aromatic rings. The molecule has 24 heavy (non-hydrogen) atoms. The van der Waals surface area contributed by atoms with Gasteiger partial charge in [-0.2, -0.15) is 5.10 Å². The Kier molecular flexibility index (Phi) is 6.06. The Bertz CT molecular complexity index is 697. The van der Waals surface area contributed by atoms with Gasteiger partial charge in [0.15, 0.2) is 11.5 Å². The van der Waals surface area contributed by atoms with Crippen molar-refractivity contribution in [2.45, 2.75) is 19.9 Å². The smallest absolute Gasteiger partial charge is 0.255 e. The van der Waals surface area contributed by atoms with Gasteiger partial charge in [-0.05, 0) is 31.5 Å². The van der Waals surface area contributed by atoms with E-state index in [1.54, 1.807) is 18.3 Å². The Morgan fingerprint density at radius 1 is 1.12 bits per heavy atom. The van der Waals surface area contributed by atoms with Gasteiger partial charge in [0.05, 0.1) is 26.9 Å². The number of carbonyl (C=O) groups excluding carboxylic acids is 1. The van der Waals surface area contributed by atoms with Gasteiger partial charge < -0.3 is 19.5 Å². The SMILES string of the molecule is COc1ccc(C(=O)NCCCn2nccc2C)c(OC)c1OC. The number of aromatic nitrogens is 2. The van der Waals surface area contributed by atoms with Crippen LogP contribution < -0.4 is 19.5 Å². The monoisotopic (exact) mass is 333 g/mol. The number of nitrogens with zero attached hydrogens (tertiary/aromatic N) is 2. The fourth-order valence-electron chi connectivity index (χ4n) is 2.44. The summed E-state index contributed by atoms with van der Waals surface area (Å²) in [6, 6.07) is 5.30. The van der Waals surface area contributed by atoms with Gasteiger partial charge in [-0.15, -0.1) is 0 Å². The molecule has 7 nitrogen and oxygen atoms in total. The van der Waals surface area contributed by atoms with Crippen molar-refractivity contribution >= 4 is 5.91 Å². The molecule has 1 aromatic heterocycles. The number of hydrogen-bond acceptors (Lipinski definition) is 5. The highest BCUT2D eigenvalue weighted by atomic mass is 16.5. The zero-order valence-corrected chi connectivity index (χ0v) is 14.5. The van der Waals surface area contributed by atoms with Crippen LogP contribution in [0.3, 0.4) is 0 Å². The first-order valence-corrected chi connectivity index (χ1v) is 7.68. The number of benzene rings is 1. The summed E-state index contributed by atoms with van der Waals surface area (Å²) < 4.78 is 17.8. The summed E-state index contributed by atoms with van der Waals surface area (Å²) in [6.45, 7) is 3.29. The lowest BCUT2D eigenvalue weighted by atomic mass is 10.1. The van der Waals surface area contributed by atoms with E-state index in [-0.39, 0.29) is 5.91 Å². The number of aryl methyl sites for hydroxylation is 2. The zero-order valence-electron chi connectivity index (χ0n) is 14.5. The number of carbonyl (C=O) groups is 1. The molecule has 0 saturated heterocycles. The van der Waals surface area contributed by atoms with Crippen LogP contribution in [0.5, 0.6) is 17.2 Å². The molecule has 1 aromatic carbocycles. The van der Waals surface area contributed by atoms with Crippen molar-refractivity contribution in [2.24, 2.45) is 0 Å². The van der Waals surface area contributed by atoms with Crippen LogP contribution in [0.25, 0.3) is 0 Å². The maximum absolute atomic E-state index is 12.4. The van der Waals surface area contributed by atoms with Crippen molar-refractivity contribution in [1.82, 2.24) is 15.1 Å². The van der Waals surface area contributed by atoms with Crippen LogP contribution in [0, 0.1) is 6.92 Å². The molecule has 0 spiro atoms. The lowest BCUT2D eigenvalue weighted by molar-refractivity contribution is 0.0949. The fourth-order valence-corrected chi connectivity index (χ4v) is 2.44. The first-order valence-electron chi connectivity index (χ1n) is 7.68. The van der Waals surface area contributed by atoms with Gasteiger partial charge in [0.1, 0.15) is 0 Å². The van der Waals surface area contributed by atoms with Gasteiger partial charge in [0.2, 0.25) is 5.75 Å². The van der Waals surface area contributed by atoms with Crippen molar-refractivity contribution in [3.63, 3.8) is 0 Å². The second-order valence-corrected chi connectivity index (χ2v) is 5.19. The van der Waals surface area contributed by atoms with E-state index in [1.165, 1.54) is 21.3 Å². The number of nitrogens with one attached hydrogen (secondary N) is 1. The van der Waals surface area contributed by atoms with E-state index >= 15 is 0 Å². The van der Waals surface area contributed by atoms with Crippen molar-refractivity contribution in [2.75, 3.05) is 27.9 Å². The molecule has 0 aliphatic carbocycles. The van der Waals surface area contributed by atoms with Crippen LogP contribution in [0.1, 0.15) is 22.5 Å². The standard InChI is InChI=1S/C17H23N3O4/c1-12-8-10-19-20(12)11-5-9-18-17(21)13-6-7-14(22-2)16(24-4)15(13)23-3/h6-8,10H,5,9,11H2,1-4H3,(H,18,21). The van der Waals surface area contributed by atoms with Gasteiger partial charge in [-0.1, -0.05) is 0 Å². The Balaban J connectivity index is 2.00. The maximum Gasteiger partial charge on any atom is 0.255 e. The average molecular weight is 333 g/mol. The summed E-state index contributed by atoms with van der Waals surface area (Å²) in [6.07, 6.45) is 2.55. The minimum Gasteiger partial charge on any atom is -0.493 e. The van der Waals surface area contributed by atoms with E-state index in [4.69, 9.17) is 14.2 Å². The third kappa shape index (κ3) is 3.79. The second-order valence-electron chi connectivity index (χ2n) is 5.19. The van der Waals surface area contributed by atoms with Crippen molar-refractivity contribution in [1.29, 1.82) is 0 Å². The molecule has 0 aliphatic heterocycles. The normalized spacial score (nSPS) is 10.3. The molecule has 0 radical (unpaired) electrons. The number of hydrogen-bond donors (Lipinski definition) is 1. The number of ether oxygens (including phenoxy) is 3. The summed E-state index contributed by atoms with van der Waals surface area (Å²) in [4.78, 5) is 12.4. The highest BCUT2D eigenvalue weighted by Gasteiger charge is 2.20. The average Bonchev–Trinajstić information content (AvgIpc) is 3.01. The van der Waals surface area contributed by atoms with Crippen LogP contribution in [0.4, 0.5) is 0 Å². The van der Waals surface area contributed by atoms with Gasteiger partial charge in [-0.25, -0.2) is 0 Å². The van der Waals surface area contributed by atoms with Crippen LogP contribution >= 0.6 is 0 Å². The van der Waals surface area contributed by atoms with Gasteiger partial charge >= 0.3 is 0 Å². The first-order chi connectivity index (χ1) is 11.6. The van der Waals surface area contributed by atoms with Crippen LogP contribution in [0.15, 0.2) is 24.4 Å².